The van der Waals surface area contributed by atoms with Crippen molar-refractivity contribution in [2.45, 2.75) is 13.5 Å². The number of nitrogens with two attached hydrogens (primary N) is 1. The molecule has 6 nitrogen and oxygen atoms in total. The molecule has 3 rings (SSSR count). The Hall–Kier alpha value is -1.83. The van der Waals surface area contributed by atoms with Crippen LogP contribution < -0.4 is 10.5 Å². The summed E-state index contributed by atoms with van der Waals surface area (Å²) in [6, 6.07) is 7.45. The van der Waals surface area contributed by atoms with Crippen molar-refractivity contribution < 1.29 is 9.53 Å². The number of carbonyl (C=O) groups is 1. The number of thiazole rings is 1. The van der Waals surface area contributed by atoms with E-state index in [2.05, 4.69) is 9.88 Å². The summed E-state index contributed by atoms with van der Waals surface area (Å²) in [6.07, 6.45) is 1.83. The van der Waals surface area contributed by atoms with E-state index in [-0.39, 0.29) is 18.3 Å². The molecular weight excluding hydrogens is 360 g/mol. The Morgan fingerprint density at radius 3 is 2.64 bits per heavy atom. The number of amides is 1. The minimum absolute atomic E-state index is 0. The average molecular weight is 383 g/mol. The third-order valence-electron chi connectivity index (χ3n) is 4.03. The maximum absolute atomic E-state index is 12.8. The number of aromatic nitrogens is 1. The van der Waals surface area contributed by atoms with Gasteiger partial charge in [0.2, 0.25) is 0 Å². The summed E-state index contributed by atoms with van der Waals surface area (Å²) in [6.45, 7) is 6.44. The van der Waals surface area contributed by atoms with E-state index < -0.39 is 0 Å². The fraction of sp³-hybridized carbons (Fsp3) is 0.412. The summed E-state index contributed by atoms with van der Waals surface area (Å²) < 4.78 is 5.58. The molecule has 1 aliphatic heterocycles. The summed E-state index contributed by atoms with van der Waals surface area (Å²) in [5, 5.41) is 0.603. The molecule has 1 aromatic carbocycles. The van der Waals surface area contributed by atoms with Gasteiger partial charge in [0.15, 0.2) is 5.13 Å². The van der Waals surface area contributed by atoms with Crippen LogP contribution in [0.1, 0.15) is 22.2 Å². The third-order valence-corrected chi connectivity index (χ3v) is 4.84. The van der Waals surface area contributed by atoms with E-state index in [0.717, 1.165) is 24.5 Å². The highest BCUT2D eigenvalue weighted by Gasteiger charge is 2.24. The Labute approximate surface area is 158 Å². The molecule has 136 valence electrons. The van der Waals surface area contributed by atoms with Gasteiger partial charge in [-0.1, -0.05) is 12.1 Å². The highest BCUT2D eigenvalue weighted by Crippen LogP contribution is 2.22. The predicted octanol–water partition coefficient (Wildman–Crippen LogP) is 2.50. The lowest BCUT2D eigenvalue weighted by Gasteiger charge is -2.34. The van der Waals surface area contributed by atoms with Gasteiger partial charge in [-0.2, -0.15) is 0 Å². The van der Waals surface area contributed by atoms with E-state index in [4.69, 9.17) is 10.5 Å². The van der Waals surface area contributed by atoms with Crippen molar-refractivity contribution in [1.29, 1.82) is 0 Å². The number of piperazine rings is 1. The number of hydrogen-bond acceptors (Lipinski definition) is 6. The molecule has 1 saturated heterocycles. The molecule has 0 saturated carbocycles. The zero-order chi connectivity index (χ0) is 16.9. The quantitative estimate of drug-likeness (QED) is 0.860. The first kappa shape index (κ1) is 19.5. The number of benzene rings is 1. The number of hydrogen-bond donors (Lipinski definition) is 1. The van der Waals surface area contributed by atoms with Crippen molar-refractivity contribution in [2.75, 3.05) is 38.5 Å². The van der Waals surface area contributed by atoms with Gasteiger partial charge < -0.3 is 15.4 Å². The number of anilines is 1. The average Bonchev–Trinajstić information content (AvgIpc) is 3.01. The van der Waals surface area contributed by atoms with Gasteiger partial charge in [0.05, 0.1) is 12.2 Å². The Morgan fingerprint density at radius 2 is 2.00 bits per heavy atom. The highest BCUT2D eigenvalue weighted by atomic mass is 35.5. The minimum atomic E-state index is 0. The molecule has 25 heavy (non-hydrogen) atoms. The van der Waals surface area contributed by atoms with E-state index in [1.807, 2.05) is 42.3 Å². The molecule has 2 N–H and O–H groups in total. The predicted molar refractivity (Wildman–Crippen MR) is 103 cm³/mol. The Kier molecular flexibility index (Phi) is 7.04. The summed E-state index contributed by atoms with van der Waals surface area (Å²) in [5.41, 5.74) is 6.31. The fourth-order valence-electron chi connectivity index (χ4n) is 2.82. The van der Waals surface area contributed by atoms with Crippen LogP contribution in [0.15, 0.2) is 30.5 Å². The van der Waals surface area contributed by atoms with Crippen LogP contribution in [0.2, 0.25) is 0 Å². The Balaban J connectivity index is 0.00000225. The molecule has 1 fully saturated rings. The highest BCUT2D eigenvalue weighted by molar-refractivity contribution is 7.15. The lowest BCUT2D eigenvalue weighted by atomic mass is 10.1. The number of halogens is 1. The monoisotopic (exact) mass is 382 g/mol. The standard InChI is InChI=1S/C17H22N4O2S.ClH/c1-2-23-15-6-4-3-5-14(15)16(22)21-9-7-20(8-10-21)12-13-11-19-17(18)24-13;/h3-6,11H,2,7-10,12H2,1H3,(H2,18,19);1H. The first-order valence-corrected chi connectivity index (χ1v) is 8.92. The first-order valence-electron chi connectivity index (χ1n) is 8.11. The van der Waals surface area contributed by atoms with Crippen molar-refractivity contribution in [2.24, 2.45) is 0 Å². The molecule has 0 bridgehead atoms. The molecular formula is C17H23ClN4O2S. The molecule has 0 aliphatic carbocycles. The number of para-hydroxylation sites is 1. The zero-order valence-electron chi connectivity index (χ0n) is 14.2. The van der Waals surface area contributed by atoms with Crippen molar-refractivity contribution in [3.05, 3.63) is 40.9 Å². The molecule has 0 unspecified atom stereocenters. The molecule has 2 heterocycles. The third kappa shape index (κ3) is 4.84. The van der Waals surface area contributed by atoms with Crippen LogP contribution in [0.5, 0.6) is 5.75 Å². The van der Waals surface area contributed by atoms with Crippen LogP contribution in [0.25, 0.3) is 0 Å². The van der Waals surface area contributed by atoms with Crippen LogP contribution in [-0.2, 0) is 6.54 Å². The summed E-state index contributed by atoms with van der Waals surface area (Å²) in [5.74, 6) is 0.702. The first-order chi connectivity index (χ1) is 11.7. The molecule has 1 amide bonds. The van der Waals surface area contributed by atoms with Crippen LogP contribution in [0.4, 0.5) is 5.13 Å². The number of carbonyl (C=O) groups excluding carboxylic acids is 1. The SMILES string of the molecule is CCOc1ccccc1C(=O)N1CCN(Cc2cnc(N)s2)CC1.Cl. The van der Waals surface area contributed by atoms with Crippen LogP contribution in [0.3, 0.4) is 0 Å². The van der Waals surface area contributed by atoms with Gasteiger partial charge in [-0.3, -0.25) is 9.69 Å². The number of ether oxygens (including phenoxy) is 1. The van der Waals surface area contributed by atoms with Crippen LogP contribution >= 0.6 is 23.7 Å². The zero-order valence-corrected chi connectivity index (χ0v) is 15.8. The molecule has 2 aromatic rings. The Bertz CT molecular complexity index is 701. The summed E-state index contributed by atoms with van der Waals surface area (Å²) >= 11 is 1.52. The summed E-state index contributed by atoms with van der Waals surface area (Å²) in [4.78, 5) is 22.2. The number of nitrogens with zero attached hydrogens (tertiary/aromatic N) is 3. The number of rotatable bonds is 5. The van der Waals surface area contributed by atoms with Gasteiger partial charge in [-0.05, 0) is 19.1 Å². The molecule has 8 heteroatoms. The largest absolute Gasteiger partial charge is 0.493 e. The van der Waals surface area contributed by atoms with E-state index in [0.29, 0.717) is 36.1 Å². The molecule has 0 radical (unpaired) electrons. The second-order valence-corrected chi connectivity index (χ2v) is 6.81. The van der Waals surface area contributed by atoms with Gasteiger partial charge in [-0.15, -0.1) is 23.7 Å². The van der Waals surface area contributed by atoms with E-state index >= 15 is 0 Å². The van der Waals surface area contributed by atoms with E-state index in [9.17, 15) is 4.79 Å². The molecule has 1 aromatic heterocycles. The van der Waals surface area contributed by atoms with E-state index in [1.54, 1.807) is 0 Å². The minimum Gasteiger partial charge on any atom is -0.493 e. The molecule has 0 spiro atoms. The lowest BCUT2D eigenvalue weighted by molar-refractivity contribution is 0.0625. The van der Waals surface area contributed by atoms with Crippen molar-refractivity contribution in [1.82, 2.24) is 14.8 Å². The lowest BCUT2D eigenvalue weighted by Crippen LogP contribution is -2.48. The van der Waals surface area contributed by atoms with Gasteiger partial charge >= 0.3 is 0 Å². The van der Waals surface area contributed by atoms with Gasteiger partial charge in [0.1, 0.15) is 5.75 Å². The van der Waals surface area contributed by atoms with Crippen LogP contribution in [-0.4, -0.2) is 53.5 Å². The van der Waals surface area contributed by atoms with Crippen molar-refractivity contribution in [3.63, 3.8) is 0 Å². The fourth-order valence-corrected chi connectivity index (χ4v) is 3.55. The second kappa shape index (κ2) is 9.03. The van der Waals surface area contributed by atoms with Gasteiger partial charge in [0.25, 0.3) is 5.91 Å². The molecule has 0 atom stereocenters. The Morgan fingerprint density at radius 1 is 1.28 bits per heavy atom. The normalized spacial score (nSPS) is 14.8. The second-order valence-electron chi connectivity index (χ2n) is 5.66. The smallest absolute Gasteiger partial charge is 0.257 e. The van der Waals surface area contributed by atoms with Crippen LogP contribution in [0, 0.1) is 0 Å². The van der Waals surface area contributed by atoms with E-state index in [1.165, 1.54) is 11.3 Å². The number of nitrogen functional groups attached to an aromatic ring is 1. The molecule has 1 aliphatic rings. The van der Waals surface area contributed by atoms with Crippen molar-refractivity contribution >= 4 is 34.8 Å². The topological polar surface area (TPSA) is 71.7 Å². The van der Waals surface area contributed by atoms with Gasteiger partial charge in [-0.25, -0.2) is 4.98 Å². The van der Waals surface area contributed by atoms with Crippen molar-refractivity contribution in [3.8, 4) is 5.75 Å². The maximum atomic E-state index is 12.8. The van der Waals surface area contributed by atoms with Gasteiger partial charge in [0, 0.05) is 43.8 Å². The maximum Gasteiger partial charge on any atom is 0.257 e. The summed E-state index contributed by atoms with van der Waals surface area (Å²) in [7, 11) is 0.